The van der Waals surface area contributed by atoms with Crippen LogP contribution in [0.25, 0.3) is 0 Å². The van der Waals surface area contributed by atoms with E-state index in [-0.39, 0.29) is 10.7 Å². The summed E-state index contributed by atoms with van der Waals surface area (Å²) in [5.41, 5.74) is -0.331. The summed E-state index contributed by atoms with van der Waals surface area (Å²) in [4.78, 5) is 19.2. The van der Waals surface area contributed by atoms with Gasteiger partial charge in [-0.3, -0.25) is 9.48 Å². The monoisotopic (exact) mass is 225 g/mol. The Labute approximate surface area is 90.2 Å². The molecule has 0 saturated carbocycles. The highest BCUT2D eigenvalue weighted by atomic mass is 35.5. The van der Waals surface area contributed by atoms with Crippen molar-refractivity contribution in [3.63, 3.8) is 0 Å². The molecular formula is C8H8ClN5O. The normalized spacial score (nSPS) is 10.5. The van der Waals surface area contributed by atoms with E-state index in [9.17, 15) is 4.79 Å². The zero-order valence-corrected chi connectivity index (χ0v) is 8.72. The predicted molar refractivity (Wildman–Crippen MR) is 53.6 cm³/mol. The minimum atomic E-state index is -0.331. The predicted octanol–water partition coefficient (Wildman–Crippen LogP) is 0.0735. The number of aryl methyl sites for hydroxylation is 1. The lowest BCUT2D eigenvalue weighted by Gasteiger charge is -2.03. The number of halogens is 1. The van der Waals surface area contributed by atoms with Crippen molar-refractivity contribution < 1.29 is 0 Å². The zero-order chi connectivity index (χ0) is 10.8. The molecule has 6 nitrogen and oxygen atoms in total. The SMILES string of the molecule is Cn1ncnc1Cn1ccnc(Cl)c1=O. The van der Waals surface area contributed by atoms with Crippen LogP contribution in [-0.2, 0) is 13.6 Å². The Kier molecular flexibility index (Phi) is 2.51. The molecular weight excluding hydrogens is 218 g/mol. The smallest absolute Gasteiger partial charge is 0.288 e. The molecule has 0 bridgehead atoms. The Morgan fingerprint density at radius 2 is 2.27 bits per heavy atom. The van der Waals surface area contributed by atoms with E-state index >= 15 is 0 Å². The van der Waals surface area contributed by atoms with Crippen molar-refractivity contribution in [2.45, 2.75) is 6.54 Å². The van der Waals surface area contributed by atoms with Gasteiger partial charge in [0.1, 0.15) is 12.2 Å². The Morgan fingerprint density at radius 3 is 2.93 bits per heavy atom. The summed E-state index contributed by atoms with van der Waals surface area (Å²) >= 11 is 5.61. The van der Waals surface area contributed by atoms with Crippen molar-refractivity contribution in [2.24, 2.45) is 7.05 Å². The van der Waals surface area contributed by atoms with E-state index in [1.807, 2.05) is 0 Å². The number of hydrogen-bond acceptors (Lipinski definition) is 4. The first-order chi connectivity index (χ1) is 7.18. The first-order valence-corrected chi connectivity index (χ1v) is 4.60. The van der Waals surface area contributed by atoms with Crippen LogP contribution in [0.2, 0.25) is 5.15 Å². The number of hydrogen-bond donors (Lipinski definition) is 0. The van der Waals surface area contributed by atoms with Gasteiger partial charge in [0.25, 0.3) is 5.56 Å². The van der Waals surface area contributed by atoms with Crippen LogP contribution in [0.1, 0.15) is 5.82 Å². The maximum absolute atomic E-state index is 11.5. The van der Waals surface area contributed by atoms with Crippen molar-refractivity contribution in [2.75, 3.05) is 0 Å². The third-order valence-corrected chi connectivity index (χ3v) is 2.25. The molecule has 0 amide bonds. The molecule has 2 rings (SSSR count). The largest absolute Gasteiger partial charge is 0.304 e. The van der Waals surface area contributed by atoms with Gasteiger partial charge in [0, 0.05) is 19.4 Å². The summed E-state index contributed by atoms with van der Waals surface area (Å²) in [6.45, 7) is 0.331. The average molecular weight is 226 g/mol. The van der Waals surface area contributed by atoms with Crippen LogP contribution in [-0.4, -0.2) is 24.3 Å². The van der Waals surface area contributed by atoms with Crippen LogP contribution >= 0.6 is 11.6 Å². The molecule has 0 aliphatic rings. The molecule has 0 aliphatic heterocycles. The molecule has 2 heterocycles. The highest BCUT2D eigenvalue weighted by Gasteiger charge is 2.05. The lowest BCUT2D eigenvalue weighted by Crippen LogP contribution is -2.22. The molecule has 0 radical (unpaired) electrons. The molecule has 0 unspecified atom stereocenters. The highest BCUT2D eigenvalue weighted by molar-refractivity contribution is 6.29. The first-order valence-electron chi connectivity index (χ1n) is 4.22. The third-order valence-electron chi connectivity index (χ3n) is 1.99. The number of nitrogens with zero attached hydrogens (tertiary/aromatic N) is 5. The molecule has 0 fully saturated rings. The van der Waals surface area contributed by atoms with Crippen molar-refractivity contribution >= 4 is 11.6 Å². The molecule has 15 heavy (non-hydrogen) atoms. The lowest BCUT2D eigenvalue weighted by molar-refractivity contribution is 0.638. The molecule has 0 spiro atoms. The highest BCUT2D eigenvalue weighted by Crippen LogP contribution is 1.97. The second-order valence-corrected chi connectivity index (χ2v) is 3.31. The van der Waals surface area contributed by atoms with Crippen LogP contribution in [0.15, 0.2) is 23.5 Å². The summed E-state index contributed by atoms with van der Waals surface area (Å²) in [5, 5.41) is 3.86. The van der Waals surface area contributed by atoms with Crippen molar-refractivity contribution in [1.82, 2.24) is 24.3 Å². The maximum atomic E-state index is 11.5. The summed E-state index contributed by atoms with van der Waals surface area (Å²) in [6.07, 6.45) is 4.46. The molecule has 0 N–H and O–H groups in total. The van der Waals surface area contributed by atoms with E-state index in [1.165, 1.54) is 17.1 Å². The molecule has 0 atom stereocenters. The molecule has 0 saturated heterocycles. The number of rotatable bonds is 2. The van der Waals surface area contributed by atoms with Gasteiger partial charge >= 0.3 is 0 Å². The van der Waals surface area contributed by atoms with Crippen LogP contribution < -0.4 is 5.56 Å². The fraction of sp³-hybridized carbons (Fsp3) is 0.250. The van der Waals surface area contributed by atoms with E-state index < -0.39 is 0 Å². The Morgan fingerprint density at radius 1 is 1.47 bits per heavy atom. The van der Waals surface area contributed by atoms with Gasteiger partial charge in [0.15, 0.2) is 5.15 Å². The van der Waals surface area contributed by atoms with Crippen molar-refractivity contribution in [1.29, 1.82) is 0 Å². The maximum Gasteiger partial charge on any atom is 0.288 e. The second-order valence-electron chi connectivity index (χ2n) is 2.95. The van der Waals surface area contributed by atoms with E-state index in [4.69, 9.17) is 11.6 Å². The fourth-order valence-electron chi connectivity index (χ4n) is 1.16. The van der Waals surface area contributed by atoms with Crippen LogP contribution in [0, 0.1) is 0 Å². The number of aromatic nitrogens is 5. The standard InChI is InChI=1S/C8H8ClN5O/c1-13-6(11-5-12-13)4-14-3-2-10-7(9)8(14)15/h2-3,5H,4H2,1H3. The second kappa shape index (κ2) is 3.82. The average Bonchev–Trinajstić information content (AvgIpc) is 2.60. The van der Waals surface area contributed by atoms with Crippen LogP contribution in [0.3, 0.4) is 0 Å². The first kappa shape index (κ1) is 9.85. The molecule has 2 aromatic heterocycles. The third kappa shape index (κ3) is 1.89. The van der Waals surface area contributed by atoms with Crippen LogP contribution in [0.4, 0.5) is 0 Å². The Bertz CT molecular complexity index is 532. The molecule has 78 valence electrons. The Balaban J connectivity index is 2.37. The Hall–Kier alpha value is -1.69. The summed E-state index contributed by atoms with van der Waals surface area (Å²) < 4.78 is 3.03. The lowest BCUT2D eigenvalue weighted by atomic mass is 10.5. The minimum absolute atomic E-state index is 0.0420. The molecule has 0 aliphatic carbocycles. The van der Waals surface area contributed by atoms with E-state index in [0.717, 1.165) is 0 Å². The van der Waals surface area contributed by atoms with Gasteiger partial charge in [-0.1, -0.05) is 11.6 Å². The van der Waals surface area contributed by atoms with Gasteiger partial charge in [0.2, 0.25) is 0 Å². The van der Waals surface area contributed by atoms with Gasteiger partial charge in [0.05, 0.1) is 6.54 Å². The summed E-state index contributed by atoms with van der Waals surface area (Å²) in [7, 11) is 1.76. The minimum Gasteiger partial charge on any atom is -0.304 e. The van der Waals surface area contributed by atoms with E-state index in [2.05, 4.69) is 15.1 Å². The molecule has 0 aromatic carbocycles. The van der Waals surface area contributed by atoms with Gasteiger partial charge in [-0.2, -0.15) is 5.10 Å². The quantitative estimate of drug-likeness (QED) is 0.726. The summed E-state index contributed by atoms with van der Waals surface area (Å²) in [6, 6.07) is 0. The van der Waals surface area contributed by atoms with E-state index in [1.54, 1.807) is 17.9 Å². The summed E-state index contributed by atoms with van der Waals surface area (Å²) in [5.74, 6) is 0.680. The van der Waals surface area contributed by atoms with Crippen molar-refractivity contribution in [3.8, 4) is 0 Å². The zero-order valence-electron chi connectivity index (χ0n) is 7.96. The topological polar surface area (TPSA) is 65.6 Å². The van der Waals surface area contributed by atoms with Gasteiger partial charge < -0.3 is 4.57 Å². The molecule has 2 aromatic rings. The fourth-order valence-corrected chi connectivity index (χ4v) is 1.33. The molecule has 7 heteroatoms. The van der Waals surface area contributed by atoms with Gasteiger partial charge in [-0.15, -0.1) is 0 Å². The van der Waals surface area contributed by atoms with Gasteiger partial charge in [-0.25, -0.2) is 9.97 Å². The van der Waals surface area contributed by atoms with Crippen LogP contribution in [0.5, 0.6) is 0 Å². The van der Waals surface area contributed by atoms with Crippen molar-refractivity contribution in [3.05, 3.63) is 40.1 Å². The van der Waals surface area contributed by atoms with E-state index in [0.29, 0.717) is 12.4 Å². The van der Waals surface area contributed by atoms with Gasteiger partial charge in [-0.05, 0) is 0 Å².